The van der Waals surface area contributed by atoms with Crippen molar-refractivity contribution in [1.29, 1.82) is 0 Å². The molecule has 0 aromatic heterocycles. The fourth-order valence-corrected chi connectivity index (χ4v) is 6.22. The van der Waals surface area contributed by atoms with Crippen LogP contribution in [0.2, 0.25) is 5.02 Å². The molecule has 1 N–H and O–H groups in total. The zero-order chi connectivity index (χ0) is 27.3. The zero-order valence-electron chi connectivity index (χ0n) is 22.0. The lowest BCUT2D eigenvalue weighted by Crippen LogP contribution is -2.41. The Hall–Kier alpha value is -3.23. The summed E-state index contributed by atoms with van der Waals surface area (Å²) in [5.74, 6) is 0.525. The molecule has 1 saturated heterocycles. The third-order valence-corrected chi connectivity index (χ3v) is 8.76. The summed E-state index contributed by atoms with van der Waals surface area (Å²) in [5.41, 5.74) is 3.22. The molecule has 1 heterocycles. The van der Waals surface area contributed by atoms with Gasteiger partial charge in [-0.15, -0.1) is 0 Å². The number of methoxy groups -OCH3 is 1. The van der Waals surface area contributed by atoms with Crippen LogP contribution >= 0.6 is 11.6 Å². The van der Waals surface area contributed by atoms with Crippen LogP contribution in [-0.2, 0) is 21.4 Å². The number of carbonyl (C=O) groups is 1. The Kier molecular flexibility index (Phi) is 8.84. The number of anilines is 2. The highest BCUT2D eigenvalue weighted by atomic mass is 35.5. The Morgan fingerprint density at radius 2 is 1.82 bits per heavy atom. The van der Waals surface area contributed by atoms with Crippen molar-refractivity contribution in [3.63, 3.8) is 0 Å². The third kappa shape index (κ3) is 6.60. The standard InChI is InChI=1S/C29H34ClN3O4S/c1-21-6-13-26(14-7-21)38(35,36)33(27-17-24(30)10-15-28(27)37-3)20-29(34)31-18-23-8-11-25(12-9-23)32-16-4-5-22(2)19-32/h6-15,17,22H,4-5,16,18-20H2,1-3H3,(H,31,34). The summed E-state index contributed by atoms with van der Waals surface area (Å²) < 4.78 is 33.8. The first-order valence-electron chi connectivity index (χ1n) is 12.7. The lowest BCUT2D eigenvalue weighted by Gasteiger charge is -2.32. The van der Waals surface area contributed by atoms with E-state index in [2.05, 4.69) is 29.3 Å². The minimum Gasteiger partial charge on any atom is -0.495 e. The van der Waals surface area contributed by atoms with Crippen LogP contribution in [-0.4, -0.2) is 41.1 Å². The number of carbonyl (C=O) groups excluding carboxylic acids is 1. The van der Waals surface area contributed by atoms with E-state index in [-0.39, 0.29) is 17.1 Å². The summed E-state index contributed by atoms with van der Waals surface area (Å²) in [6, 6.07) is 19.3. The maximum atomic E-state index is 13.7. The van der Waals surface area contributed by atoms with Gasteiger partial charge in [-0.05, 0) is 73.7 Å². The van der Waals surface area contributed by atoms with Crippen molar-refractivity contribution in [1.82, 2.24) is 5.32 Å². The second-order valence-electron chi connectivity index (χ2n) is 9.78. The molecule has 3 aromatic rings. The number of ether oxygens (including phenoxy) is 1. The lowest BCUT2D eigenvalue weighted by molar-refractivity contribution is -0.119. The average molecular weight is 556 g/mol. The van der Waals surface area contributed by atoms with Crippen LogP contribution < -0.4 is 19.3 Å². The van der Waals surface area contributed by atoms with Gasteiger partial charge in [0.25, 0.3) is 10.0 Å². The SMILES string of the molecule is COc1ccc(Cl)cc1N(CC(=O)NCc1ccc(N2CCCC(C)C2)cc1)S(=O)(=O)c1ccc(C)cc1. The molecule has 1 aliphatic rings. The molecule has 0 spiro atoms. The van der Waals surface area contributed by atoms with Crippen LogP contribution in [0.25, 0.3) is 0 Å². The number of sulfonamides is 1. The Labute approximate surface area is 230 Å². The first-order chi connectivity index (χ1) is 18.2. The van der Waals surface area contributed by atoms with Crippen molar-refractivity contribution >= 4 is 38.9 Å². The summed E-state index contributed by atoms with van der Waals surface area (Å²) in [4.78, 5) is 15.5. The van der Waals surface area contributed by atoms with E-state index in [1.54, 1.807) is 24.3 Å². The predicted molar refractivity (Wildman–Crippen MR) is 153 cm³/mol. The molecule has 0 bridgehead atoms. The first-order valence-corrected chi connectivity index (χ1v) is 14.5. The second-order valence-corrected chi connectivity index (χ2v) is 12.1. The quantitative estimate of drug-likeness (QED) is 0.382. The molecule has 9 heteroatoms. The number of hydrogen-bond acceptors (Lipinski definition) is 5. The highest BCUT2D eigenvalue weighted by Gasteiger charge is 2.29. The molecule has 7 nitrogen and oxygen atoms in total. The zero-order valence-corrected chi connectivity index (χ0v) is 23.6. The Morgan fingerprint density at radius 1 is 1.11 bits per heavy atom. The average Bonchev–Trinajstić information content (AvgIpc) is 2.91. The number of hydrogen-bond donors (Lipinski definition) is 1. The second kappa shape index (κ2) is 12.1. The number of nitrogens with one attached hydrogen (secondary N) is 1. The molecule has 202 valence electrons. The van der Waals surface area contributed by atoms with Gasteiger partial charge in [-0.3, -0.25) is 9.10 Å². The summed E-state index contributed by atoms with van der Waals surface area (Å²) in [5, 5.41) is 3.18. The molecular formula is C29H34ClN3O4S. The van der Waals surface area contributed by atoms with E-state index in [4.69, 9.17) is 16.3 Å². The van der Waals surface area contributed by atoms with Crippen LogP contribution in [0.3, 0.4) is 0 Å². The first kappa shape index (κ1) is 27.8. The van der Waals surface area contributed by atoms with Crippen LogP contribution in [0.1, 0.15) is 30.9 Å². The number of benzene rings is 3. The van der Waals surface area contributed by atoms with Crippen LogP contribution in [0, 0.1) is 12.8 Å². The smallest absolute Gasteiger partial charge is 0.264 e. The van der Waals surface area contributed by atoms with Crippen molar-refractivity contribution < 1.29 is 17.9 Å². The van der Waals surface area contributed by atoms with Gasteiger partial charge in [0.05, 0.1) is 17.7 Å². The Bertz CT molecular complexity index is 1360. The minimum absolute atomic E-state index is 0.0700. The van der Waals surface area contributed by atoms with Crippen LogP contribution in [0.5, 0.6) is 5.75 Å². The van der Waals surface area contributed by atoms with Gasteiger partial charge in [-0.25, -0.2) is 8.42 Å². The molecule has 0 radical (unpaired) electrons. The van der Waals surface area contributed by atoms with E-state index >= 15 is 0 Å². The van der Waals surface area contributed by atoms with Crippen molar-refractivity contribution in [3.05, 3.63) is 82.9 Å². The van der Waals surface area contributed by atoms with E-state index in [1.165, 1.54) is 43.8 Å². The highest BCUT2D eigenvalue weighted by molar-refractivity contribution is 7.92. The molecule has 4 rings (SSSR count). The van der Waals surface area contributed by atoms with Crippen molar-refractivity contribution in [2.45, 2.75) is 38.1 Å². The molecule has 1 atom stereocenters. The number of amides is 1. The Morgan fingerprint density at radius 3 is 2.47 bits per heavy atom. The van der Waals surface area contributed by atoms with Crippen molar-refractivity contribution in [2.24, 2.45) is 5.92 Å². The van der Waals surface area contributed by atoms with Gasteiger partial charge in [-0.1, -0.05) is 48.4 Å². The van der Waals surface area contributed by atoms with Gasteiger partial charge < -0.3 is 15.0 Å². The number of piperidine rings is 1. The molecule has 38 heavy (non-hydrogen) atoms. The predicted octanol–water partition coefficient (Wildman–Crippen LogP) is 5.41. The molecule has 0 saturated carbocycles. The van der Waals surface area contributed by atoms with Gasteiger partial charge >= 0.3 is 0 Å². The number of halogens is 1. The normalized spacial score (nSPS) is 15.7. The largest absolute Gasteiger partial charge is 0.495 e. The summed E-state index contributed by atoms with van der Waals surface area (Å²) in [7, 11) is -2.65. The number of nitrogens with zero attached hydrogens (tertiary/aromatic N) is 2. The molecular weight excluding hydrogens is 522 g/mol. The number of rotatable bonds is 9. The van der Waals surface area contributed by atoms with E-state index in [1.807, 2.05) is 19.1 Å². The van der Waals surface area contributed by atoms with Crippen LogP contribution in [0.15, 0.2) is 71.6 Å². The molecule has 1 amide bonds. The number of aryl methyl sites for hydroxylation is 1. The molecule has 1 aliphatic heterocycles. The van der Waals surface area contributed by atoms with E-state index in [0.717, 1.165) is 28.5 Å². The van der Waals surface area contributed by atoms with Crippen molar-refractivity contribution in [3.8, 4) is 5.75 Å². The molecule has 1 fully saturated rings. The van der Waals surface area contributed by atoms with E-state index in [0.29, 0.717) is 16.7 Å². The van der Waals surface area contributed by atoms with Crippen LogP contribution in [0.4, 0.5) is 11.4 Å². The topological polar surface area (TPSA) is 79.0 Å². The summed E-state index contributed by atoms with van der Waals surface area (Å²) in [6.07, 6.45) is 2.46. The summed E-state index contributed by atoms with van der Waals surface area (Å²) >= 11 is 6.21. The van der Waals surface area contributed by atoms with E-state index < -0.39 is 22.5 Å². The maximum absolute atomic E-state index is 13.7. The fraction of sp³-hybridized carbons (Fsp3) is 0.345. The third-order valence-electron chi connectivity index (χ3n) is 6.75. The fourth-order valence-electron chi connectivity index (χ4n) is 4.63. The molecule has 0 aliphatic carbocycles. The van der Waals surface area contributed by atoms with Gasteiger partial charge in [0.2, 0.25) is 5.91 Å². The minimum atomic E-state index is -4.09. The molecule has 3 aromatic carbocycles. The van der Waals surface area contributed by atoms with E-state index in [9.17, 15) is 13.2 Å². The van der Waals surface area contributed by atoms with Gasteiger partial charge in [-0.2, -0.15) is 0 Å². The lowest BCUT2D eigenvalue weighted by atomic mass is 9.99. The highest BCUT2D eigenvalue weighted by Crippen LogP contribution is 2.35. The Balaban J connectivity index is 1.51. The summed E-state index contributed by atoms with van der Waals surface area (Å²) in [6.45, 7) is 6.10. The van der Waals surface area contributed by atoms with Gasteiger partial charge in [0.15, 0.2) is 0 Å². The van der Waals surface area contributed by atoms with Crippen molar-refractivity contribution in [2.75, 3.05) is 35.9 Å². The van der Waals surface area contributed by atoms with Gasteiger partial charge in [0.1, 0.15) is 12.3 Å². The van der Waals surface area contributed by atoms with Gasteiger partial charge in [0, 0.05) is 30.3 Å². The maximum Gasteiger partial charge on any atom is 0.264 e. The molecule has 1 unspecified atom stereocenters. The monoisotopic (exact) mass is 555 g/mol.